The van der Waals surface area contributed by atoms with Crippen molar-refractivity contribution in [2.75, 3.05) is 19.5 Å². The summed E-state index contributed by atoms with van der Waals surface area (Å²) < 4.78 is 15.8. The molecule has 5 nitrogen and oxygen atoms in total. The van der Waals surface area contributed by atoms with Gasteiger partial charge in [0.05, 0.1) is 14.2 Å². The highest BCUT2D eigenvalue weighted by Gasteiger charge is 2.15. The van der Waals surface area contributed by atoms with E-state index in [-0.39, 0.29) is 5.91 Å². The first kappa shape index (κ1) is 15.7. The Morgan fingerprint density at radius 1 is 0.955 bits per heavy atom. The molecule has 1 amide bonds. The summed E-state index contributed by atoms with van der Waals surface area (Å²) in [5, 5.41) is 2.79. The molecule has 0 aromatic heterocycles. The van der Waals surface area contributed by atoms with E-state index in [0.29, 0.717) is 17.2 Å². The molecular weight excluding hydrogens is 282 g/mol. The molecule has 0 aliphatic carbocycles. The van der Waals surface area contributed by atoms with Gasteiger partial charge in [0.2, 0.25) is 0 Å². The van der Waals surface area contributed by atoms with E-state index in [1.165, 1.54) is 0 Å². The zero-order chi connectivity index (χ0) is 15.9. The van der Waals surface area contributed by atoms with Crippen molar-refractivity contribution in [3.63, 3.8) is 0 Å². The molecule has 0 saturated carbocycles. The topological polar surface area (TPSA) is 56.8 Å². The van der Waals surface area contributed by atoms with Crippen LogP contribution in [0.15, 0.2) is 48.5 Å². The third-order valence-electron chi connectivity index (χ3n) is 3.08. The highest BCUT2D eigenvalue weighted by Crippen LogP contribution is 2.20. The fourth-order valence-corrected chi connectivity index (χ4v) is 1.85. The number of rotatable bonds is 6. The first-order valence-corrected chi connectivity index (χ1v) is 6.88. The second-order valence-electron chi connectivity index (χ2n) is 4.66. The van der Waals surface area contributed by atoms with E-state index >= 15 is 0 Å². The molecule has 0 aliphatic rings. The second-order valence-corrected chi connectivity index (χ2v) is 4.66. The van der Waals surface area contributed by atoms with Crippen LogP contribution < -0.4 is 19.5 Å². The predicted molar refractivity (Wildman–Crippen MR) is 84.7 cm³/mol. The number of amides is 1. The lowest BCUT2D eigenvalue weighted by atomic mass is 10.2. The van der Waals surface area contributed by atoms with Gasteiger partial charge in [-0.05, 0) is 43.3 Å². The first-order chi connectivity index (χ1) is 10.6. The Kier molecular flexibility index (Phi) is 5.25. The second kappa shape index (κ2) is 7.36. The van der Waals surface area contributed by atoms with Gasteiger partial charge in [0.15, 0.2) is 6.10 Å². The van der Waals surface area contributed by atoms with Crippen LogP contribution in [0.3, 0.4) is 0 Å². The number of anilines is 1. The van der Waals surface area contributed by atoms with E-state index in [2.05, 4.69) is 5.32 Å². The summed E-state index contributed by atoms with van der Waals surface area (Å²) >= 11 is 0. The Morgan fingerprint density at radius 3 is 2.23 bits per heavy atom. The number of carbonyl (C=O) groups excluding carboxylic acids is 1. The van der Waals surface area contributed by atoms with Crippen LogP contribution in [-0.4, -0.2) is 26.2 Å². The Hall–Kier alpha value is -2.69. The normalized spacial score (nSPS) is 11.4. The van der Waals surface area contributed by atoms with Gasteiger partial charge >= 0.3 is 0 Å². The molecule has 1 N–H and O–H groups in total. The minimum absolute atomic E-state index is 0.229. The molecule has 0 heterocycles. The zero-order valence-corrected chi connectivity index (χ0v) is 12.8. The molecule has 2 aromatic carbocycles. The maximum Gasteiger partial charge on any atom is 0.265 e. The number of nitrogens with one attached hydrogen (secondary N) is 1. The number of carbonyl (C=O) groups is 1. The van der Waals surface area contributed by atoms with E-state index in [0.717, 1.165) is 5.75 Å². The van der Waals surface area contributed by atoms with Gasteiger partial charge in [-0.15, -0.1) is 0 Å². The molecule has 0 spiro atoms. The molecule has 0 unspecified atom stereocenters. The minimum Gasteiger partial charge on any atom is -0.497 e. The zero-order valence-electron chi connectivity index (χ0n) is 12.8. The van der Waals surface area contributed by atoms with Gasteiger partial charge in [-0.25, -0.2) is 0 Å². The molecular formula is C17H19NO4. The van der Waals surface area contributed by atoms with Crippen molar-refractivity contribution in [3.05, 3.63) is 48.5 Å². The molecule has 0 radical (unpaired) electrons. The molecule has 2 aromatic rings. The van der Waals surface area contributed by atoms with E-state index in [4.69, 9.17) is 14.2 Å². The average Bonchev–Trinajstić information content (AvgIpc) is 2.55. The van der Waals surface area contributed by atoms with Crippen molar-refractivity contribution < 1.29 is 19.0 Å². The highest BCUT2D eigenvalue weighted by atomic mass is 16.5. The Morgan fingerprint density at radius 2 is 1.59 bits per heavy atom. The van der Waals surface area contributed by atoms with Crippen molar-refractivity contribution >= 4 is 11.6 Å². The fourth-order valence-electron chi connectivity index (χ4n) is 1.85. The SMILES string of the molecule is COc1ccc(NC(=O)[C@@H](C)Oc2cccc(OC)c2)cc1. The average molecular weight is 301 g/mol. The van der Waals surface area contributed by atoms with Gasteiger partial charge in [0, 0.05) is 11.8 Å². The number of ether oxygens (including phenoxy) is 3. The van der Waals surface area contributed by atoms with E-state index < -0.39 is 6.10 Å². The summed E-state index contributed by atoms with van der Waals surface area (Å²) in [4.78, 5) is 12.1. The molecule has 0 fully saturated rings. The molecule has 116 valence electrons. The highest BCUT2D eigenvalue weighted by molar-refractivity contribution is 5.94. The summed E-state index contributed by atoms with van der Waals surface area (Å²) in [6.45, 7) is 1.69. The monoisotopic (exact) mass is 301 g/mol. The lowest BCUT2D eigenvalue weighted by Gasteiger charge is -2.15. The van der Waals surface area contributed by atoms with Crippen LogP contribution in [0.25, 0.3) is 0 Å². The van der Waals surface area contributed by atoms with Gasteiger partial charge in [0.1, 0.15) is 17.2 Å². The smallest absolute Gasteiger partial charge is 0.265 e. The van der Waals surface area contributed by atoms with Gasteiger partial charge in [-0.1, -0.05) is 6.07 Å². The van der Waals surface area contributed by atoms with E-state index in [1.54, 1.807) is 57.5 Å². The Bertz CT molecular complexity index is 625. The molecule has 0 saturated heterocycles. The van der Waals surface area contributed by atoms with Crippen molar-refractivity contribution in [1.82, 2.24) is 0 Å². The van der Waals surface area contributed by atoms with Crippen molar-refractivity contribution in [1.29, 1.82) is 0 Å². The molecule has 2 rings (SSSR count). The number of hydrogen-bond acceptors (Lipinski definition) is 4. The summed E-state index contributed by atoms with van der Waals surface area (Å²) in [5.74, 6) is 1.77. The van der Waals surface area contributed by atoms with Gasteiger partial charge in [-0.3, -0.25) is 4.79 Å². The van der Waals surface area contributed by atoms with Crippen molar-refractivity contribution in [3.8, 4) is 17.2 Å². The summed E-state index contributed by atoms with van der Waals surface area (Å²) in [7, 11) is 3.18. The summed E-state index contributed by atoms with van der Waals surface area (Å²) in [6.07, 6.45) is -0.630. The molecule has 1 atom stereocenters. The Labute approximate surface area is 129 Å². The van der Waals surface area contributed by atoms with Gasteiger partial charge in [-0.2, -0.15) is 0 Å². The third-order valence-corrected chi connectivity index (χ3v) is 3.08. The molecule has 5 heteroatoms. The van der Waals surface area contributed by atoms with Crippen LogP contribution in [0.1, 0.15) is 6.92 Å². The third kappa shape index (κ3) is 4.15. The van der Waals surface area contributed by atoms with E-state index in [9.17, 15) is 4.79 Å². The molecule has 22 heavy (non-hydrogen) atoms. The van der Waals surface area contributed by atoms with Crippen LogP contribution in [0.5, 0.6) is 17.2 Å². The van der Waals surface area contributed by atoms with Crippen LogP contribution in [-0.2, 0) is 4.79 Å². The lowest BCUT2D eigenvalue weighted by Crippen LogP contribution is -2.30. The number of benzene rings is 2. The minimum atomic E-state index is -0.630. The maximum absolute atomic E-state index is 12.1. The predicted octanol–water partition coefficient (Wildman–Crippen LogP) is 3.11. The first-order valence-electron chi connectivity index (χ1n) is 6.88. The quantitative estimate of drug-likeness (QED) is 0.890. The number of methoxy groups -OCH3 is 2. The number of hydrogen-bond donors (Lipinski definition) is 1. The van der Waals surface area contributed by atoms with Gasteiger partial charge < -0.3 is 19.5 Å². The molecule has 0 bridgehead atoms. The standard InChI is InChI=1S/C17H19NO4/c1-12(22-16-6-4-5-15(11-16)21-3)17(19)18-13-7-9-14(20-2)10-8-13/h4-12H,1-3H3,(H,18,19)/t12-/m1/s1. The van der Waals surface area contributed by atoms with Crippen LogP contribution in [0, 0.1) is 0 Å². The van der Waals surface area contributed by atoms with Gasteiger partial charge in [0.25, 0.3) is 5.91 Å². The molecule has 0 aliphatic heterocycles. The van der Waals surface area contributed by atoms with Crippen LogP contribution in [0.2, 0.25) is 0 Å². The maximum atomic E-state index is 12.1. The summed E-state index contributed by atoms with van der Waals surface area (Å²) in [5.41, 5.74) is 0.687. The van der Waals surface area contributed by atoms with Crippen LogP contribution in [0.4, 0.5) is 5.69 Å². The van der Waals surface area contributed by atoms with Crippen molar-refractivity contribution in [2.45, 2.75) is 13.0 Å². The Balaban J connectivity index is 1.96. The van der Waals surface area contributed by atoms with E-state index in [1.807, 2.05) is 12.1 Å². The lowest BCUT2D eigenvalue weighted by molar-refractivity contribution is -0.122. The fraction of sp³-hybridized carbons (Fsp3) is 0.235. The van der Waals surface area contributed by atoms with Crippen LogP contribution >= 0.6 is 0 Å². The summed E-state index contributed by atoms with van der Waals surface area (Å²) in [6, 6.07) is 14.2. The van der Waals surface area contributed by atoms with Crippen molar-refractivity contribution in [2.24, 2.45) is 0 Å². The largest absolute Gasteiger partial charge is 0.497 e.